The van der Waals surface area contributed by atoms with Gasteiger partial charge >= 0.3 is 0 Å². The van der Waals surface area contributed by atoms with Crippen LogP contribution in [0.3, 0.4) is 0 Å². The van der Waals surface area contributed by atoms with E-state index < -0.39 is 0 Å². The van der Waals surface area contributed by atoms with Crippen LogP contribution in [0.4, 0.5) is 5.95 Å². The Labute approximate surface area is 114 Å². The van der Waals surface area contributed by atoms with Gasteiger partial charge in [0.05, 0.1) is 17.7 Å². The maximum absolute atomic E-state index is 5.40. The normalized spacial score (nSPS) is 13.4. The van der Waals surface area contributed by atoms with Gasteiger partial charge in [-0.2, -0.15) is 0 Å². The van der Waals surface area contributed by atoms with Crippen molar-refractivity contribution in [3.63, 3.8) is 0 Å². The Bertz CT molecular complexity index is 557. The molecule has 1 aliphatic heterocycles. The monoisotopic (exact) mass is 305 g/mol. The zero-order chi connectivity index (χ0) is 12.4. The molecule has 1 aliphatic rings. The summed E-state index contributed by atoms with van der Waals surface area (Å²) in [5.74, 6) is 0.634. The number of nitrogens with one attached hydrogen (secondary N) is 1. The van der Waals surface area contributed by atoms with Crippen molar-refractivity contribution >= 4 is 21.9 Å². The minimum absolute atomic E-state index is 0.634. The number of hydrogen-bond acceptors (Lipinski definition) is 4. The van der Waals surface area contributed by atoms with Gasteiger partial charge in [0.2, 0.25) is 5.95 Å². The molecule has 4 nitrogen and oxygen atoms in total. The maximum Gasteiger partial charge on any atom is 0.222 e. The van der Waals surface area contributed by atoms with Crippen LogP contribution in [0.25, 0.3) is 0 Å². The van der Waals surface area contributed by atoms with Gasteiger partial charge in [-0.05, 0) is 32.6 Å². The van der Waals surface area contributed by atoms with E-state index in [2.05, 4.69) is 49.4 Å². The smallest absolute Gasteiger partial charge is 0.222 e. The third kappa shape index (κ3) is 2.52. The number of anilines is 1. The fourth-order valence-electron chi connectivity index (χ4n) is 1.92. The summed E-state index contributed by atoms with van der Waals surface area (Å²) in [7, 11) is 0. The summed E-state index contributed by atoms with van der Waals surface area (Å²) in [4.78, 5) is 8.34. The van der Waals surface area contributed by atoms with Crippen molar-refractivity contribution in [2.75, 3.05) is 5.32 Å². The second kappa shape index (κ2) is 5.04. The van der Waals surface area contributed by atoms with E-state index >= 15 is 0 Å². The molecule has 0 saturated carbocycles. The largest absolute Gasteiger partial charge is 0.372 e. The van der Waals surface area contributed by atoms with Gasteiger partial charge < -0.3 is 10.1 Å². The average molecular weight is 306 g/mol. The first-order chi connectivity index (χ1) is 8.81. The van der Waals surface area contributed by atoms with Crippen LogP contribution in [0.2, 0.25) is 0 Å². The second-order valence-electron chi connectivity index (χ2n) is 4.17. The van der Waals surface area contributed by atoms with Crippen LogP contribution in [0.1, 0.15) is 16.7 Å². The quantitative estimate of drug-likeness (QED) is 0.947. The number of halogens is 1. The highest BCUT2D eigenvalue weighted by Gasteiger charge is 2.10. The van der Waals surface area contributed by atoms with Crippen LogP contribution in [0.15, 0.2) is 35.1 Å². The fourth-order valence-corrected chi connectivity index (χ4v) is 2.12. The fraction of sp³-hybridized carbons (Fsp3) is 0.231. The summed E-state index contributed by atoms with van der Waals surface area (Å²) in [6, 6.07) is 6.41. The van der Waals surface area contributed by atoms with Crippen LogP contribution in [0.5, 0.6) is 0 Å². The molecule has 0 saturated heterocycles. The third-order valence-corrected chi connectivity index (χ3v) is 3.27. The van der Waals surface area contributed by atoms with Gasteiger partial charge in [-0.15, -0.1) is 0 Å². The van der Waals surface area contributed by atoms with Crippen molar-refractivity contribution in [2.24, 2.45) is 0 Å². The van der Waals surface area contributed by atoms with Crippen LogP contribution in [0, 0.1) is 0 Å². The molecule has 3 rings (SSSR count). The molecule has 18 heavy (non-hydrogen) atoms. The predicted molar refractivity (Wildman–Crippen MR) is 72.0 cm³/mol. The molecule has 5 heteroatoms. The minimum atomic E-state index is 0.634. The highest BCUT2D eigenvalue weighted by atomic mass is 79.9. The number of ether oxygens (including phenoxy) is 1. The van der Waals surface area contributed by atoms with Crippen molar-refractivity contribution in [1.29, 1.82) is 0 Å². The molecular formula is C13H12BrN3O. The van der Waals surface area contributed by atoms with Crippen molar-refractivity contribution in [3.05, 3.63) is 51.8 Å². The van der Waals surface area contributed by atoms with Crippen LogP contribution in [-0.2, 0) is 24.5 Å². The molecule has 1 N–H and O–H groups in total. The molecule has 0 radical (unpaired) electrons. The standard InChI is InChI=1S/C13H12BrN3O/c14-12-5-16-13(17-6-12)15-4-9-1-2-10-7-18-8-11(10)3-9/h1-3,5-6H,4,7-8H2,(H,15,16,17). The SMILES string of the molecule is Brc1cnc(NCc2ccc3c(c2)COC3)nc1. The Kier molecular flexibility index (Phi) is 3.25. The number of nitrogens with zero attached hydrogens (tertiary/aromatic N) is 2. The van der Waals surface area contributed by atoms with Crippen molar-refractivity contribution in [3.8, 4) is 0 Å². The van der Waals surface area contributed by atoms with Crippen molar-refractivity contribution < 1.29 is 4.74 Å². The molecule has 0 atom stereocenters. The van der Waals surface area contributed by atoms with E-state index in [9.17, 15) is 0 Å². The lowest BCUT2D eigenvalue weighted by molar-refractivity contribution is 0.134. The first-order valence-electron chi connectivity index (χ1n) is 5.71. The van der Waals surface area contributed by atoms with Crippen molar-refractivity contribution in [2.45, 2.75) is 19.8 Å². The van der Waals surface area contributed by atoms with Gasteiger partial charge in [0.15, 0.2) is 0 Å². The molecular weight excluding hydrogens is 294 g/mol. The second-order valence-corrected chi connectivity index (χ2v) is 5.09. The van der Waals surface area contributed by atoms with E-state index in [1.165, 1.54) is 16.7 Å². The third-order valence-electron chi connectivity index (χ3n) is 2.86. The molecule has 0 bridgehead atoms. The van der Waals surface area contributed by atoms with Crippen LogP contribution in [-0.4, -0.2) is 9.97 Å². The lowest BCUT2D eigenvalue weighted by atomic mass is 10.1. The molecule has 0 unspecified atom stereocenters. The van der Waals surface area contributed by atoms with Crippen molar-refractivity contribution in [1.82, 2.24) is 9.97 Å². The molecule has 1 aromatic carbocycles. The van der Waals surface area contributed by atoms with Gasteiger partial charge in [-0.3, -0.25) is 0 Å². The molecule has 1 aromatic heterocycles. The first kappa shape index (κ1) is 11.6. The predicted octanol–water partition coefficient (Wildman–Crippen LogP) is 2.88. The van der Waals surface area contributed by atoms with Gasteiger partial charge in [-0.25, -0.2) is 9.97 Å². The topological polar surface area (TPSA) is 47.0 Å². The molecule has 0 fully saturated rings. The number of benzene rings is 1. The van der Waals surface area contributed by atoms with Gasteiger partial charge in [0.25, 0.3) is 0 Å². The van der Waals surface area contributed by atoms with Gasteiger partial charge in [0.1, 0.15) is 0 Å². The van der Waals surface area contributed by atoms with E-state index in [4.69, 9.17) is 4.74 Å². The Hall–Kier alpha value is -1.46. The summed E-state index contributed by atoms with van der Waals surface area (Å²) >= 11 is 3.31. The van der Waals surface area contributed by atoms with E-state index in [1.807, 2.05) is 0 Å². The first-order valence-corrected chi connectivity index (χ1v) is 6.50. The van der Waals surface area contributed by atoms with E-state index in [1.54, 1.807) is 12.4 Å². The summed E-state index contributed by atoms with van der Waals surface area (Å²) in [5, 5.41) is 3.20. The summed E-state index contributed by atoms with van der Waals surface area (Å²) in [5.41, 5.74) is 3.79. The zero-order valence-electron chi connectivity index (χ0n) is 9.69. The molecule has 0 spiro atoms. The summed E-state index contributed by atoms with van der Waals surface area (Å²) in [6.07, 6.45) is 3.46. The highest BCUT2D eigenvalue weighted by Crippen LogP contribution is 2.21. The van der Waals surface area contributed by atoms with Gasteiger partial charge in [-0.1, -0.05) is 18.2 Å². The molecule has 0 aliphatic carbocycles. The van der Waals surface area contributed by atoms with E-state index in [-0.39, 0.29) is 0 Å². The number of hydrogen-bond donors (Lipinski definition) is 1. The lowest BCUT2D eigenvalue weighted by Crippen LogP contribution is -2.03. The Morgan fingerprint density at radius 2 is 1.94 bits per heavy atom. The number of aromatic nitrogens is 2. The number of rotatable bonds is 3. The van der Waals surface area contributed by atoms with Crippen LogP contribution >= 0.6 is 15.9 Å². The molecule has 92 valence electrons. The Balaban J connectivity index is 1.68. The average Bonchev–Trinajstić information content (AvgIpc) is 2.85. The van der Waals surface area contributed by atoms with Gasteiger partial charge in [0, 0.05) is 18.9 Å². The summed E-state index contributed by atoms with van der Waals surface area (Å²) < 4.78 is 6.27. The Morgan fingerprint density at radius 1 is 1.17 bits per heavy atom. The zero-order valence-corrected chi connectivity index (χ0v) is 11.3. The maximum atomic E-state index is 5.40. The minimum Gasteiger partial charge on any atom is -0.372 e. The number of fused-ring (bicyclic) bond motifs is 1. The lowest BCUT2D eigenvalue weighted by Gasteiger charge is -2.06. The summed E-state index contributed by atoms with van der Waals surface area (Å²) in [6.45, 7) is 2.17. The Morgan fingerprint density at radius 3 is 2.78 bits per heavy atom. The van der Waals surface area contributed by atoms with E-state index in [0.717, 1.165) is 24.2 Å². The highest BCUT2D eigenvalue weighted by molar-refractivity contribution is 9.10. The molecule has 0 amide bonds. The molecule has 2 heterocycles. The van der Waals surface area contributed by atoms with E-state index in [0.29, 0.717) is 5.95 Å². The van der Waals surface area contributed by atoms with Crippen LogP contribution < -0.4 is 5.32 Å². The molecule has 2 aromatic rings.